The number of isothiocyanates is 1. The fourth-order valence-electron chi connectivity index (χ4n) is 1.01. The summed E-state index contributed by atoms with van der Waals surface area (Å²) in [6.45, 7) is 0.480. The number of aliphatic imine (C=N–C) groups is 1. The van der Waals surface area contributed by atoms with E-state index in [1.807, 2.05) is 24.3 Å². The summed E-state index contributed by atoms with van der Waals surface area (Å²) >= 11 is 10.7. The standard InChI is InChI=1S/C10H8Br2N2OS/c11-9(12)10(15)13-5-7-1-3-8(4-2-7)14-6-16/h1-4,9H,5H2,(H,13,15). The van der Waals surface area contributed by atoms with Gasteiger partial charge in [-0.3, -0.25) is 4.79 Å². The van der Waals surface area contributed by atoms with Crippen molar-refractivity contribution in [2.45, 2.75) is 10.3 Å². The third-order valence-electron chi connectivity index (χ3n) is 1.78. The van der Waals surface area contributed by atoms with Crippen molar-refractivity contribution in [1.29, 1.82) is 0 Å². The van der Waals surface area contributed by atoms with Gasteiger partial charge in [-0.05, 0) is 29.9 Å². The van der Waals surface area contributed by atoms with Crippen LogP contribution in [0.15, 0.2) is 29.3 Å². The van der Waals surface area contributed by atoms with Gasteiger partial charge >= 0.3 is 0 Å². The van der Waals surface area contributed by atoms with Gasteiger partial charge in [0.05, 0.1) is 10.8 Å². The van der Waals surface area contributed by atoms with E-state index in [9.17, 15) is 4.79 Å². The number of nitrogens with zero attached hydrogens (tertiary/aromatic N) is 1. The van der Waals surface area contributed by atoms with E-state index < -0.39 is 0 Å². The van der Waals surface area contributed by atoms with E-state index in [1.165, 1.54) is 0 Å². The molecule has 0 aromatic heterocycles. The Morgan fingerprint density at radius 2 is 2.06 bits per heavy atom. The normalized spacial score (nSPS) is 9.69. The van der Waals surface area contributed by atoms with Crippen LogP contribution in [0.5, 0.6) is 0 Å². The summed E-state index contributed by atoms with van der Waals surface area (Å²) in [7, 11) is 0. The quantitative estimate of drug-likeness (QED) is 0.507. The molecule has 1 amide bonds. The Hall–Kier alpha value is -0.550. The fourth-order valence-corrected chi connectivity index (χ4v) is 1.44. The molecule has 0 saturated heterocycles. The van der Waals surface area contributed by atoms with E-state index >= 15 is 0 Å². The number of halogens is 2. The number of hydrogen-bond donors (Lipinski definition) is 1. The van der Waals surface area contributed by atoms with Gasteiger partial charge in [0.15, 0.2) is 0 Å². The number of amides is 1. The van der Waals surface area contributed by atoms with Gasteiger partial charge in [-0.1, -0.05) is 44.0 Å². The maximum atomic E-state index is 11.2. The van der Waals surface area contributed by atoms with Crippen LogP contribution in [0.2, 0.25) is 0 Å². The molecule has 0 spiro atoms. The minimum atomic E-state index is -0.362. The van der Waals surface area contributed by atoms with Crippen molar-refractivity contribution in [3.8, 4) is 0 Å². The molecule has 0 fully saturated rings. The first kappa shape index (κ1) is 13.5. The highest BCUT2D eigenvalue weighted by Crippen LogP contribution is 2.12. The Bertz CT molecular complexity index is 413. The summed E-state index contributed by atoms with van der Waals surface area (Å²) in [5.74, 6) is -0.110. The van der Waals surface area contributed by atoms with Gasteiger partial charge in [0.2, 0.25) is 5.91 Å². The Morgan fingerprint density at radius 3 is 2.56 bits per heavy atom. The average Bonchev–Trinajstić information content (AvgIpc) is 2.28. The number of nitrogens with one attached hydrogen (secondary N) is 1. The van der Waals surface area contributed by atoms with Gasteiger partial charge in [0.1, 0.15) is 3.74 Å². The molecule has 3 nitrogen and oxygen atoms in total. The molecule has 1 aromatic carbocycles. The highest BCUT2D eigenvalue weighted by atomic mass is 79.9. The van der Waals surface area contributed by atoms with Gasteiger partial charge in [-0.25, -0.2) is 0 Å². The van der Waals surface area contributed by atoms with Crippen molar-refractivity contribution < 1.29 is 4.79 Å². The van der Waals surface area contributed by atoms with Crippen molar-refractivity contribution in [1.82, 2.24) is 5.32 Å². The van der Waals surface area contributed by atoms with Gasteiger partial charge in [0.25, 0.3) is 0 Å². The molecule has 0 aliphatic carbocycles. The van der Waals surface area contributed by atoms with E-state index in [1.54, 1.807) is 0 Å². The molecule has 6 heteroatoms. The Labute approximate surface area is 116 Å². The zero-order valence-corrected chi connectivity index (χ0v) is 12.1. The molecule has 1 rings (SSSR count). The van der Waals surface area contributed by atoms with Crippen LogP contribution >= 0.6 is 44.1 Å². The van der Waals surface area contributed by atoms with Crippen LogP contribution in [-0.4, -0.2) is 14.8 Å². The van der Waals surface area contributed by atoms with Crippen LogP contribution in [0.1, 0.15) is 5.56 Å². The Morgan fingerprint density at radius 1 is 1.44 bits per heavy atom. The molecule has 84 valence electrons. The molecular formula is C10H8Br2N2OS. The molecule has 0 aliphatic rings. The summed E-state index contributed by atoms with van der Waals surface area (Å²) in [4.78, 5) is 15.1. The highest BCUT2D eigenvalue weighted by Gasteiger charge is 2.08. The van der Waals surface area contributed by atoms with Crippen molar-refractivity contribution in [2.75, 3.05) is 0 Å². The van der Waals surface area contributed by atoms with Crippen LogP contribution < -0.4 is 5.32 Å². The molecule has 1 aromatic rings. The molecule has 0 heterocycles. The maximum Gasteiger partial charge on any atom is 0.244 e. The average molecular weight is 364 g/mol. The molecular weight excluding hydrogens is 356 g/mol. The number of thiocarbonyl (C=S) groups is 1. The molecule has 16 heavy (non-hydrogen) atoms. The summed E-state index contributed by atoms with van der Waals surface area (Å²) in [5.41, 5.74) is 1.75. The minimum Gasteiger partial charge on any atom is -0.350 e. The SMILES string of the molecule is O=C(NCc1ccc(N=C=S)cc1)C(Br)Br. The largest absolute Gasteiger partial charge is 0.350 e. The molecule has 0 saturated carbocycles. The maximum absolute atomic E-state index is 11.2. The third-order valence-corrected chi connectivity index (χ3v) is 2.70. The lowest BCUT2D eigenvalue weighted by Gasteiger charge is -2.05. The topological polar surface area (TPSA) is 41.5 Å². The zero-order chi connectivity index (χ0) is 12.0. The van der Waals surface area contributed by atoms with Gasteiger partial charge in [-0.2, -0.15) is 4.99 Å². The fraction of sp³-hybridized carbons (Fsp3) is 0.200. The first-order chi connectivity index (χ1) is 7.63. The Kier molecular flexibility index (Phi) is 5.84. The zero-order valence-electron chi connectivity index (χ0n) is 8.11. The summed E-state index contributed by atoms with van der Waals surface area (Å²) in [6.07, 6.45) is 0. The first-order valence-electron chi connectivity index (χ1n) is 4.36. The van der Waals surface area contributed by atoms with Crippen LogP contribution in [-0.2, 0) is 11.3 Å². The van der Waals surface area contributed by atoms with E-state index in [2.05, 4.69) is 59.5 Å². The van der Waals surface area contributed by atoms with Gasteiger partial charge in [-0.15, -0.1) is 0 Å². The summed E-state index contributed by atoms with van der Waals surface area (Å²) in [6, 6.07) is 7.40. The molecule has 0 radical (unpaired) electrons. The van der Waals surface area contributed by atoms with E-state index in [4.69, 9.17) is 0 Å². The van der Waals surface area contributed by atoms with Gasteiger partial charge in [0, 0.05) is 6.54 Å². The van der Waals surface area contributed by atoms with Crippen molar-refractivity contribution in [2.24, 2.45) is 4.99 Å². The van der Waals surface area contributed by atoms with Crippen LogP contribution in [0.4, 0.5) is 5.69 Å². The van der Waals surface area contributed by atoms with Crippen LogP contribution in [0.25, 0.3) is 0 Å². The number of hydrogen-bond acceptors (Lipinski definition) is 3. The smallest absolute Gasteiger partial charge is 0.244 e. The second kappa shape index (κ2) is 6.91. The molecule has 0 aliphatic heterocycles. The number of benzene rings is 1. The summed E-state index contributed by atoms with van der Waals surface area (Å²) in [5, 5.41) is 5.05. The van der Waals surface area contributed by atoms with E-state index in [0.29, 0.717) is 6.54 Å². The molecule has 1 N–H and O–H groups in total. The number of carbonyl (C=O) groups excluding carboxylic acids is 1. The lowest BCUT2D eigenvalue weighted by Crippen LogP contribution is -2.27. The molecule has 0 unspecified atom stereocenters. The third kappa shape index (κ3) is 4.53. The molecule has 0 bridgehead atoms. The number of carbonyl (C=O) groups is 1. The second-order valence-corrected chi connectivity index (χ2v) is 6.13. The lowest BCUT2D eigenvalue weighted by molar-refractivity contribution is -0.119. The van der Waals surface area contributed by atoms with E-state index in [-0.39, 0.29) is 9.64 Å². The van der Waals surface area contributed by atoms with Crippen molar-refractivity contribution in [3.05, 3.63) is 29.8 Å². The predicted molar refractivity (Wildman–Crippen MR) is 74.6 cm³/mol. The summed E-state index contributed by atoms with van der Waals surface area (Å²) < 4.78 is -0.362. The second-order valence-electron chi connectivity index (χ2n) is 2.89. The highest BCUT2D eigenvalue weighted by molar-refractivity contribution is 9.25. The number of alkyl halides is 2. The predicted octanol–water partition coefficient (Wildman–Crippen LogP) is 3.15. The van der Waals surface area contributed by atoms with E-state index in [0.717, 1.165) is 11.3 Å². The Balaban J connectivity index is 2.55. The van der Waals surface area contributed by atoms with Crippen LogP contribution in [0.3, 0.4) is 0 Å². The minimum absolute atomic E-state index is 0.110. The van der Waals surface area contributed by atoms with Crippen LogP contribution in [0, 0.1) is 0 Å². The first-order valence-corrected chi connectivity index (χ1v) is 6.60. The van der Waals surface area contributed by atoms with Crippen molar-refractivity contribution >= 4 is 60.8 Å². The monoisotopic (exact) mass is 362 g/mol. The lowest BCUT2D eigenvalue weighted by atomic mass is 10.2. The molecule has 0 atom stereocenters. The number of rotatable bonds is 4. The van der Waals surface area contributed by atoms with Crippen molar-refractivity contribution in [3.63, 3.8) is 0 Å². The van der Waals surface area contributed by atoms with Gasteiger partial charge < -0.3 is 5.32 Å².